The van der Waals surface area contributed by atoms with Crippen molar-refractivity contribution in [3.8, 4) is 0 Å². The number of nitrogens with zero attached hydrogens (tertiary/aromatic N) is 2. The first kappa shape index (κ1) is 25.2. The molecule has 1 aromatic rings. The molecule has 0 saturated carbocycles. The van der Waals surface area contributed by atoms with E-state index in [1.807, 2.05) is 26.0 Å². The Bertz CT molecular complexity index is 673. The molecule has 0 bridgehead atoms. The van der Waals surface area contributed by atoms with Crippen LogP contribution in [-0.2, 0) is 9.84 Å². The Balaban J connectivity index is 0.00000392. The van der Waals surface area contributed by atoms with Gasteiger partial charge in [-0.2, -0.15) is 0 Å². The number of hydrogen-bond donors (Lipinski definition) is 2. The summed E-state index contributed by atoms with van der Waals surface area (Å²) in [7, 11) is -2.96. The van der Waals surface area contributed by atoms with Crippen LogP contribution in [0.25, 0.3) is 0 Å². The zero-order valence-corrected chi connectivity index (χ0v) is 20.3. The average molecular weight is 526 g/mol. The lowest BCUT2D eigenvalue weighted by Crippen LogP contribution is -2.43. The van der Waals surface area contributed by atoms with Crippen LogP contribution in [0.1, 0.15) is 51.3 Å². The van der Waals surface area contributed by atoms with Crippen molar-refractivity contribution in [2.75, 3.05) is 38.2 Å². The fourth-order valence-electron chi connectivity index (χ4n) is 3.29. The van der Waals surface area contributed by atoms with Crippen LogP contribution < -0.4 is 10.6 Å². The van der Waals surface area contributed by atoms with E-state index in [0.29, 0.717) is 18.9 Å². The number of likely N-dealkylation sites (tertiary alicyclic amines) is 1. The van der Waals surface area contributed by atoms with Crippen molar-refractivity contribution in [1.82, 2.24) is 15.5 Å². The quantitative estimate of drug-likeness (QED) is 0.293. The van der Waals surface area contributed by atoms with E-state index in [4.69, 9.17) is 9.41 Å². The highest BCUT2D eigenvalue weighted by atomic mass is 127. The fraction of sp³-hybridized carbons (Fsp3) is 0.737. The molecule has 2 N–H and O–H groups in total. The van der Waals surface area contributed by atoms with Crippen molar-refractivity contribution < 1.29 is 12.8 Å². The maximum atomic E-state index is 11.4. The summed E-state index contributed by atoms with van der Waals surface area (Å²) in [5, 5.41) is 6.57. The van der Waals surface area contributed by atoms with E-state index in [2.05, 4.69) is 15.5 Å². The van der Waals surface area contributed by atoms with Crippen LogP contribution in [0.4, 0.5) is 0 Å². The van der Waals surface area contributed by atoms with Crippen molar-refractivity contribution >= 4 is 39.8 Å². The maximum Gasteiger partial charge on any atom is 0.191 e. The van der Waals surface area contributed by atoms with Gasteiger partial charge in [0.1, 0.15) is 15.6 Å². The second kappa shape index (κ2) is 12.7. The highest BCUT2D eigenvalue weighted by Gasteiger charge is 2.24. The molecular weight excluding hydrogens is 491 g/mol. The molecule has 162 valence electrons. The molecule has 0 radical (unpaired) electrons. The predicted molar refractivity (Wildman–Crippen MR) is 125 cm³/mol. The summed E-state index contributed by atoms with van der Waals surface area (Å²) in [6.45, 7) is 7.48. The number of rotatable bonds is 9. The molecule has 1 aliphatic rings. The first-order chi connectivity index (χ1) is 12.9. The molecular formula is C19H35IN4O3S. The zero-order chi connectivity index (χ0) is 19.7. The standard InChI is InChI=1S/C19H34N4O3S.HI/c1-4-20-19(22-16(2)10-14-27(3,24)25)21-15-17(18-9-8-13-26-18)23-11-6-5-7-12-23;/h8-9,13,16-17H,4-7,10-12,14-15H2,1-3H3,(H2,20,21,22);1H. The van der Waals surface area contributed by atoms with E-state index < -0.39 is 9.84 Å². The van der Waals surface area contributed by atoms with Gasteiger partial charge in [-0.3, -0.25) is 9.89 Å². The molecule has 0 aromatic carbocycles. The molecule has 1 aromatic heterocycles. The highest BCUT2D eigenvalue weighted by molar-refractivity contribution is 14.0. The summed E-state index contributed by atoms with van der Waals surface area (Å²) >= 11 is 0. The molecule has 7 nitrogen and oxygen atoms in total. The number of halogens is 1. The smallest absolute Gasteiger partial charge is 0.191 e. The number of piperidine rings is 1. The molecule has 2 rings (SSSR count). The average Bonchev–Trinajstić information content (AvgIpc) is 3.15. The van der Waals surface area contributed by atoms with Gasteiger partial charge in [0.25, 0.3) is 0 Å². The topological polar surface area (TPSA) is 86.9 Å². The summed E-state index contributed by atoms with van der Waals surface area (Å²) in [6.07, 6.45) is 7.24. The van der Waals surface area contributed by atoms with Crippen LogP contribution in [-0.4, -0.2) is 63.5 Å². The van der Waals surface area contributed by atoms with E-state index in [1.54, 1.807) is 6.26 Å². The minimum atomic E-state index is -2.96. The summed E-state index contributed by atoms with van der Waals surface area (Å²) < 4.78 is 28.4. The Labute approximate surface area is 186 Å². The molecule has 1 saturated heterocycles. The second-order valence-corrected chi connectivity index (χ2v) is 9.57. The lowest BCUT2D eigenvalue weighted by molar-refractivity contribution is 0.150. The Morgan fingerprint density at radius 1 is 1.32 bits per heavy atom. The summed E-state index contributed by atoms with van der Waals surface area (Å²) in [5.41, 5.74) is 0. The molecule has 2 atom stereocenters. The Hall–Kier alpha value is -0.810. The van der Waals surface area contributed by atoms with E-state index >= 15 is 0 Å². The second-order valence-electron chi connectivity index (χ2n) is 7.31. The first-order valence-corrected chi connectivity index (χ1v) is 11.9. The molecule has 1 aliphatic heterocycles. The van der Waals surface area contributed by atoms with Crippen molar-refractivity contribution in [2.45, 2.75) is 51.6 Å². The number of aliphatic imine (C=N–C) groups is 1. The van der Waals surface area contributed by atoms with E-state index in [1.165, 1.54) is 25.5 Å². The van der Waals surface area contributed by atoms with Gasteiger partial charge in [0.2, 0.25) is 0 Å². The molecule has 0 spiro atoms. The van der Waals surface area contributed by atoms with Gasteiger partial charge in [0.15, 0.2) is 5.96 Å². The predicted octanol–water partition coefficient (Wildman–Crippen LogP) is 2.80. The number of guanidine groups is 1. The maximum absolute atomic E-state index is 11.4. The third-order valence-electron chi connectivity index (χ3n) is 4.77. The summed E-state index contributed by atoms with van der Waals surface area (Å²) in [6, 6.07) is 4.09. The van der Waals surface area contributed by atoms with Gasteiger partial charge in [-0.15, -0.1) is 24.0 Å². The van der Waals surface area contributed by atoms with E-state index in [9.17, 15) is 8.42 Å². The zero-order valence-electron chi connectivity index (χ0n) is 17.2. The van der Waals surface area contributed by atoms with Gasteiger partial charge in [-0.05, 0) is 58.3 Å². The lowest BCUT2D eigenvalue weighted by Gasteiger charge is -2.32. The van der Waals surface area contributed by atoms with Crippen LogP contribution in [0.15, 0.2) is 27.8 Å². The minimum absolute atomic E-state index is 0. The van der Waals surface area contributed by atoms with Crippen molar-refractivity contribution in [2.24, 2.45) is 4.99 Å². The molecule has 2 heterocycles. The molecule has 0 aliphatic carbocycles. The third kappa shape index (κ3) is 9.13. The van der Waals surface area contributed by atoms with Gasteiger partial charge in [0.05, 0.1) is 24.6 Å². The van der Waals surface area contributed by atoms with Crippen molar-refractivity contribution in [3.63, 3.8) is 0 Å². The molecule has 9 heteroatoms. The van der Waals surface area contributed by atoms with Crippen molar-refractivity contribution in [1.29, 1.82) is 0 Å². The SMILES string of the molecule is CCNC(=NCC(c1ccco1)N1CCCCC1)NC(C)CCS(C)(=O)=O.I. The van der Waals surface area contributed by atoms with E-state index in [0.717, 1.165) is 25.4 Å². The van der Waals surface area contributed by atoms with Crippen LogP contribution in [0.2, 0.25) is 0 Å². The molecule has 28 heavy (non-hydrogen) atoms. The van der Waals surface area contributed by atoms with Crippen molar-refractivity contribution in [3.05, 3.63) is 24.2 Å². The fourth-order valence-corrected chi connectivity index (χ4v) is 4.07. The van der Waals surface area contributed by atoms with Crippen LogP contribution >= 0.6 is 24.0 Å². The third-order valence-corrected chi connectivity index (χ3v) is 5.75. The van der Waals surface area contributed by atoms with Gasteiger partial charge >= 0.3 is 0 Å². The monoisotopic (exact) mass is 526 g/mol. The molecule has 0 amide bonds. The Morgan fingerprint density at radius 2 is 2.04 bits per heavy atom. The number of sulfone groups is 1. The van der Waals surface area contributed by atoms with Gasteiger partial charge in [0, 0.05) is 18.8 Å². The number of nitrogens with one attached hydrogen (secondary N) is 2. The Morgan fingerprint density at radius 3 is 2.61 bits per heavy atom. The van der Waals surface area contributed by atoms with Crippen LogP contribution in [0.3, 0.4) is 0 Å². The highest BCUT2D eigenvalue weighted by Crippen LogP contribution is 2.25. The van der Waals surface area contributed by atoms with Gasteiger partial charge in [-0.25, -0.2) is 8.42 Å². The normalized spacial score (nSPS) is 18.2. The van der Waals surface area contributed by atoms with Gasteiger partial charge in [-0.1, -0.05) is 6.42 Å². The van der Waals surface area contributed by atoms with Crippen LogP contribution in [0, 0.1) is 0 Å². The molecule has 1 fully saturated rings. The summed E-state index contributed by atoms with van der Waals surface area (Å²) in [5.74, 6) is 1.83. The summed E-state index contributed by atoms with van der Waals surface area (Å²) in [4.78, 5) is 7.22. The Kier molecular flexibility index (Phi) is 11.4. The lowest BCUT2D eigenvalue weighted by atomic mass is 10.1. The number of hydrogen-bond acceptors (Lipinski definition) is 5. The van der Waals surface area contributed by atoms with E-state index in [-0.39, 0.29) is 41.8 Å². The van der Waals surface area contributed by atoms with Gasteiger partial charge < -0.3 is 15.1 Å². The van der Waals surface area contributed by atoms with Crippen LogP contribution in [0.5, 0.6) is 0 Å². The first-order valence-electron chi connectivity index (χ1n) is 9.89. The number of furan rings is 1. The minimum Gasteiger partial charge on any atom is -0.468 e. The largest absolute Gasteiger partial charge is 0.468 e. The molecule has 2 unspecified atom stereocenters.